The van der Waals surface area contributed by atoms with E-state index in [2.05, 4.69) is 4.79 Å². The molecular weight excluding hydrogens is 224 g/mol. The van der Waals surface area contributed by atoms with Crippen LogP contribution in [0.2, 0.25) is 0 Å². The molecule has 0 saturated heterocycles. The fourth-order valence-electron chi connectivity index (χ4n) is 0.840. The van der Waals surface area contributed by atoms with Crippen LogP contribution < -0.4 is 0 Å². The smallest absolute Gasteiger partial charge is 0.343 e. The summed E-state index contributed by atoms with van der Waals surface area (Å²) in [5, 5.41) is 8.55. The molecule has 82 valence electrons. The van der Waals surface area contributed by atoms with E-state index in [0.29, 0.717) is 6.42 Å². The molecule has 0 amide bonds. The van der Waals surface area contributed by atoms with Crippen molar-refractivity contribution < 1.29 is 28.0 Å². The van der Waals surface area contributed by atoms with Gasteiger partial charge in [0.15, 0.2) is 0 Å². The Labute approximate surface area is 87.5 Å². The van der Waals surface area contributed by atoms with Gasteiger partial charge in [-0.2, -0.15) is 9.00 Å². The molecule has 0 bridgehead atoms. The van der Waals surface area contributed by atoms with E-state index in [4.69, 9.17) is 24.0 Å². The van der Waals surface area contributed by atoms with E-state index >= 15 is 0 Å². The van der Waals surface area contributed by atoms with E-state index in [-0.39, 0.29) is 11.3 Å². The molecule has 1 rings (SSSR count). The van der Waals surface area contributed by atoms with Crippen molar-refractivity contribution in [1.82, 2.24) is 0 Å². The Hall–Kier alpha value is -1.60. The molecule has 0 unspecified atom stereocenters. The molecule has 0 aromatic carbocycles. The minimum atomic E-state index is -2.61. The van der Waals surface area contributed by atoms with Gasteiger partial charge in [-0.15, -0.1) is 0 Å². The predicted octanol–water partition coefficient (Wildman–Crippen LogP) is 0.309. The van der Waals surface area contributed by atoms with Crippen molar-refractivity contribution >= 4 is 23.0 Å². The number of nitrogens with zero attached hydrogens (tertiary/aromatic N) is 2. The van der Waals surface area contributed by atoms with E-state index in [1.807, 2.05) is 0 Å². The number of hydrogen-bond donors (Lipinski definition) is 3. The molecule has 0 aromatic heterocycles. The van der Waals surface area contributed by atoms with Crippen LogP contribution in [0, 0.1) is 0 Å². The fourth-order valence-corrected chi connectivity index (χ4v) is 0.840. The van der Waals surface area contributed by atoms with Crippen LogP contribution in [0.3, 0.4) is 0 Å². The zero-order valence-electron chi connectivity index (χ0n) is 7.40. The standard InChI is InChI=1S/C7H6N2O2.H2O3S/c8-9-6-4-2-1-3-5(6)7(10)11;1-4(2)3/h1-3H,4H2,(H,10,11);(H2,1,2,3). The second kappa shape index (κ2) is 6.80. The number of aliphatic carboxylic acids is 1. The monoisotopic (exact) mass is 232 g/mol. The van der Waals surface area contributed by atoms with Crippen LogP contribution >= 0.6 is 0 Å². The van der Waals surface area contributed by atoms with Gasteiger partial charge in [0.2, 0.25) is 0 Å². The molecule has 0 aliphatic heterocycles. The minimum absolute atomic E-state index is 0.0509. The number of allylic oxidation sites excluding steroid dienone is 3. The zero-order valence-corrected chi connectivity index (χ0v) is 8.22. The van der Waals surface area contributed by atoms with Crippen molar-refractivity contribution in [2.75, 3.05) is 0 Å². The minimum Gasteiger partial charge on any atom is -0.477 e. The summed E-state index contributed by atoms with van der Waals surface area (Å²) in [6.45, 7) is 0. The Kier molecular flexibility index (Phi) is 6.07. The molecule has 0 spiro atoms. The summed E-state index contributed by atoms with van der Waals surface area (Å²) in [4.78, 5) is 13.3. The summed E-state index contributed by atoms with van der Waals surface area (Å²) in [7, 11) is 0. The summed E-state index contributed by atoms with van der Waals surface area (Å²) in [6.07, 6.45) is 5.12. The largest absolute Gasteiger partial charge is 0.477 e. The second-order valence-electron chi connectivity index (χ2n) is 2.30. The lowest BCUT2D eigenvalue weighted by atomic mass is 10.0. The summed E-state index contributed by atoms with van der Waals surface area (Å²) >= 11 is -2.61. The summed E-state index contributed by atoms with van der Waals surface area (Å²) in [6, 6.07) is 0. The van der Waals surface area contributed by atoms with Gasteiger partial charge >= 0.3 is 11.7 Å². The lowest BCUT2D eigenvalue weighted by molar-refractivity contribution is -0.132. The third kappa shape index (κ3) is 5.66. The van der Waals surface area contributed by atoms with Crippen LogP contribution in [0.5, 0.6) is 0 Å². The first-order valence-electron chi connectivity index (χ1n) is 3.60. The number of hydrogen-bond acceptors (Lipinski definition) is 2. The van der Waals surface area contributed by atoms with Crippen LogP contribution in [0.4, 0.5) is 0 Å². The predicted molar refractivity (Wildman–Crippen MR) is 51.5 cm³/mol. The highest BCUT2D eigenvalue weighted by Gasteiger charge is 2.22. The van der Waals surface area contributed by atoms with Gasteiger partial charge in [0.25, 0.3) is 11.4 Å². The Morgan fingerprint density at radius 2 is 2.07 bits per heavy atom. The van der Waals surface area contributed by atoms with Crippen LogP contribution in [-0.2, 0) is 16.2 Å². The molecular formula is C7H8N2O5S. The van der Waals surface area contributed by atoms with Gasteiger partial charge in [-0.05, 0) is 6.08 Å². The maximum absolute atomic E-state index is 10.4. The quantitative estimate of drug-likeness (QED) is 0.340. The lowest BCUT2D eigenvalue weighted by Gasteiger charge is -1.96. The van der Waals surface area contributed by atoms with E-state index in [9.17, 15) is 4.79 Å². The van der Waals surface area contributed by atoms with E-state index in [1.54, 1.807) is 12.2 Å². The molecule has 0 fully saturated rings. The maximum atomic E-state index is 10.4. The third-order valence-electron chi connectivity index (χ3n) is 1.37. The maximum Gasteiger partial charge on any atom is 0.343 e. The van der Waals surface area contributed by atoms with Gasteiger partial charge < -0.3 is 10.6 Å². The Balaban J connectivity index is 0.000000423. The molecule has 0 heterocycles. The highest BCUT2D eigenvalue weighted by molar-refractivity contribution is 7.73. The topological polar surface area (TPSA) is 131 Å². The first kappa shape index (κ1) is 13.4. The van der Waals surface area contributed by atoms with Crippen molar-refractivity contribution in [3.05, 3.63) is 29.3 Å². The van der Waals surface area contributed by atoms with Crippen molar-refractivity contribution in [3.8, 4) is 0 Å². The molecule has 0 atom stereocenters. The molecule has 7 nitrogen and oxygen atoms in total. The molecule has 0 radical (unpaired) electrons. The van der Waals surface area contributed by atoms with Gasteiger partial charge in [0, 0.05) is 0 Å². The van der Waals surface area contributed by atoms with Crippen molar-refractivity contribution in [1.29, 1.82) is 0 Å². The van der Waals surface area contributed by atoms with Gasteiger partial charge in [0.1, 0.15) is 5.57 Å². The van der Waals surface area contributed by atoms with E-state index in [1.165, 1.54) is 6.08 Å². The first-order valence-corrected chi connectivity index (χ1v) is 4.66. The van der Waals surface area contributed by atoms with Gasteiger partial charge in [0.05, 0.1) is 6.42 Å². The van der Waals surface area contributed by atoms with E-state index in [0.717, 1.165) is 0 Å². The van der Waals surface area contributed by atoms with Crippen LogP contribution in [0.15, 0.2) is 23.8 Å². The molecule has 3 N–H and O–H groups in total. The van der Waals surface area contributed by atoms with Gasteiger partial charge in [-0.1, -0.05) is 12.2 Å². The molecule has 15 heavy (non-hydrogen) atoms. The van der Waals surface area contributed by atoms with Crippen LogP contribution in [0.25, 0.3) is 5.53 Å². The third-order valence-corrected chi connectivity index (χ3v) is 1.37. The van der Waals surface area contributed by atoms with Gasteiger partial charge in [-0.3, -0.25) is 9.11 Å². The van der Waals surface area contributed by atoms with Crippen molar-refractivity contribution in [2.45, 2.75) is 6.42 Å². The summed E-state index contributed by atoms with van der Waals surface area (Å²) in [5.41, 5.74) is 8.61. The average Bonchev–Trinajstić information content (AvgIpc) is 2.16. The summed E-state index contributed by atoms with van der Waals surface area (Å²) in [5.74, 6) is -1.07. The molecule has 0 aromatic rings. The SMILES string of the molecule is O=S(O)O.[N-]=[N+]=C1CC=CC=C1C(=O)O. The van der Waals surface area contributed by atoms with Crippen molar-refractivity contribution in [2.24, 2.45) is 0 Å². The highest BCUT2D eigenvalue weighted by atomic mass is 32.2. The van der Waals surface area contributed by atoms with Crippen molar-refractivity contribution in [3.63, 3.8) is 0 Å². The molecule has 8 heteroatoms. The van der Waals surface area contributed by atoms with Crippen LogP contribution in [0.1, 0.15) is 6.42 Å². The molecule has 0 saturated carbocycles. The Morgan fingerprint density at radius 3 is 2.40 bits per heavy atom. The van der Waals surface area contributed by atoms with E-state index < -0.39 is 17.3 Å². The first-order chi connectivity index (χ1) is 6.99. The zero-order chi connectivity index (χ0) is 11.8. The molecule has 1 aliphatic rings. The number of carboxylic acids is 1. The average molecular weight is 232 g/mol. The summed E-state index contributed by atoms with van der Waals surface area (Å²) < 4.78 is 22.8. The Morgan fingerprint density at radius 1 is 1.53 bits per heavy atom. The fraction of sp³-hybridized carbons (Fsp3) is 0.143. The lowest BCUT2D eigenvalue weighted by Crippen LogP contribution is -2.14. The molecule has 1 aliphatic carbocycles. The Bertz CT molecular complexity index is 377. The normalized spacial score (nSPS) is 13.8. The van der Waals surface area contributed by atoms with Gasteiger partial charge in [-0.25, -0.2) is 4.79 Å². The second-order valence-corrected chi connectivity index (χ2v) is 2.76. The number of carbonyl (C=O) groups is 1. The number of carboxylic acid groups (broad SMARTS) is 1. The number of rotatable bonds is 1. The van der Waals surface area contributed by atoms with Crippen LogP contribution in [-0.4, -0.2) is 34.9 Å². The highest BCUT2D eigenvalue weighted by Crippen LogP contribution is 2.07.